The Labute approximate surface area is 278 Å². The molecule has 3 aromatic carbocycles. The first-order chi connectivity index (χ1) is 22.8. The molecule has 8 heteroatoms. The number of allylic oxidation sites excluding steroid dienone is 2. The van der Waals surface area contributed by atoms with E-state index in [0.29, 0.717) is 38.0 Å². The normalized spacial score (nSPS) is 13.3. The summed E-state index contributed by atoms with van der Waals surface area (Å²) in [4.78, 5) is 39.4. The van der Waals surface area contributed by atoms with Gasteiger partial charge < -0.3 is 25.2 Å². The van der Waals surface area contributed by atoms with Crippen molar-refractivity contribution >= 4 is 17.8 Å². The topological polar surface area (TPSA) is 114 Å². The van der Waals surface area contributed by atoms with E-state index in [2.05, 4.69) is 23.8 Å². The van der Waals surface area contributed by atoms with E-state index in [9.17, 15) is 19.5 Å². The van der Waals surface area contributed by atoms with Crippen molar-refractivity contribution in [3.8, 4) is 5.75 Å². The van der Waals surface area contributed by atoms with Crippen molar-refractivity contribution in [3.05, 3.63) is 127 Å². The van der Waals surface area contributed by atoms with Crippen molar-refractivity contribution < 1.29 is 29.0 Å². The fraction of sp³-hybridized carbons (Fsp3) is 0.359. The van der Waals surface area contributed by atoms with E-state index < -0.39 is 18.0 Å². The zero-order valence-electron chi connectivity index (χ0n) is 27.3. The molecule has 3 N–H and O–H groups in total. The second kappa shape index (κ2) is 20.4. The maximum Gasteiger partial charge on any atom is 0.309 e. The van der Waals surface area contributed by atoms with E-state index in [4.69, 9.17) is 9.47 Å². The van der Waals surface area contributed by atoms with E-state index in [1.807, 2.05) is 84.9 Å². The van der Waals surface area contributed by atoms with Crippen molar-refractivity contribution in [2.24, 2.45) is 11.8 Å². The van der Waals surface area contributed by atoms with Gasteiger partial charge in [-0.05, 0) is 67.9 Å². The number of aliphatic hydroxyl groups excluding tert-OH is 1. The summed E-state index contributed by atoms with van der Waals surface area (Å²) in [5.74, 6) is -1.34. The average molecular weight is 641 g/mol. The molecule has 47 heavy (non-hydrogen) atoms. The fourth-order valence-electron chi connectivity index (χ4n) is 5.13. The van der Waals surface area contributed by atoms with E-state index >= 15 is 0 Å². The standard InChI is InChI=1S/C39H48N2O6/c1-4-6-18-34(23-30-14-9-7-10-15-30)39(45)47-28-35(41-38(44)33(13-5-2)25-37(43)40-29(3)26-42)24-31-19-21-36(22-20-31)46-27-32-16-11-8-12-17-32/h4-5,7-12,14-17,19-22,29,33-35,42H,1-2,6,13,18,23-28H2,3H3,(H,40,43)(H,41,44). The van der Waals surface area contributed by atoms with Crippen molar-refractivity contribution in [1.82, 2.24) is 10.6 Å². The first kappa shape index (κ1) is 36.8. The highest BCUT2D eigenvalue weighted by molar-refractivity contribution is 5.86. The van der Waals surface area contributed by atoms with Crippen molar-refractivity contribution in [2.75, 3.05) is 13.2 Å². The average Bonchev–Trinajstić information content (AvgIpc) is 3.09. The summed E-state index contributed by atoms with van der Waals surface area (Å²) in [6.45, 7) is 9.44. The number of nitrogens with one attached hydrogen (secondary N) is 2. The van der Waals surface area contributed by atoms with Gasteiger partial charge in [-0.25, -0.2) is 0 Å². The minimum Gasteiger partial charge on any atom is -0.489 e. The Kier molecular flexibility index (Phi) is 16.0. The molecule has 0 aliphatic heterocycles. The van der Waals surface area contributed by atoms with Gasteiger partial charge in [-0.2, -0.15) is 0 Å². The molecule has 2 amide bonds. The van der Waals surface area contributed by atoms with Gasteiger partial charge in [0.2, 0.25) is 11.8 Å². The SMILES string of the molecule is C=CCCC(Cc1ccccc1)C(=O)OCC(Cc1ccc(OCc2ccccc2)cc1)NC(=O)C(CC=C)CC(=O)NC(C)CO. The molecule has 8 nitrogen and oxygen atoms in total. The van der Waals surface area contributed by atoms with Crippen molar-refractivity contribution in [3.63, 3.8) is 0 Å². The van der Waals surface area contributed by atoms with Crippen LogP contribution in [-0.2, 0) is 38.6 Å². The Bertz CT molecular complexity index is 1390. The van der Waals surface area contributed by atoms with Crippen LogP contribution in [0.2, 0.25) is 0 Å². The molecule has 0 aromatic heterocycles. The van der Waals surface area contributed by atoms with Gasteiger partial charge in [-0.15, -0.1) is 13.2 Å². The van der Waals surface area contributed by atoms with Crippen LogP contribution in [0, 0.1) is 11.8 Å². The largest absolute Gasteiger partial charge is 0.489 e. The lowest BCUT2D eigenvalue weighted by Crippen LogP contribution is -2.45. The third-order valence-corrected chi connectivity index (χ3v) is 7.74. The van der Waals surface area contributed by atoms with E-state index in [1.165, 1.54) is 0 Å². The zero-order chi connectivity index (χ0) is 33.9. The molecular weight excluding hydrogens is 592 g/mol. The van der Waals surface area contributed by atoms with E-state index in [0.717, 1.165) is 16.7 Å². The number of ether oxygens (including phenoxy) is 2. The van der Waals surface area contributed by atoms with Gasteiger partial charge in [-0.1, -0.05) is 84.9 Å². The molecule has 0 aliphatic carbocycles. The Balaban J connectivity index is 1.72. The third kappa shape index (κ3) is 13.7. The van der Waals surface area contributed by atoms with Gasteiger partial charge in [0.15, 0.2) is 0 Å². The summed E-state index contributed by atoms with van der Waals surface area (Å²) in [6.07, 6.45) is 5.81. The summed E-state index contributed by atoms with van der Waals surface area (Å²) in [7, 11) is 0. The number of benzene rings is 3. The summed E-state index contributed by atoms with van der Waals surface area (Å²) in [5.41, 5.74) is 3.02. The summed E-state index contributed by atoms with van der Waals surface area (Å²) in [5, 5.41) is 15.0. The number of aliphatic hydroxyl groups is 1. The Morgan fingerprint density at radius 2 is 1.45 bits per heavy atom. The molecule has 0 heterocycles. The van der Waals surface area contributed by atoms with Crippen LogP contribution in [0.5, 0.6) is 5.75 Å². The van der Waals surface area contributed by atoms with Crippen LogP contribution in [-0.4, -0.2) is 48.2 Å². The quantitative estimate of drug-likeness (QED) is 0.101. The van der Waals surface area contributed by atoms with Crippen LogP contribution in [0.15, 0.2) is 110 Å². The number of amides is 2. The fourth-order valence-corrected chi connectivity index (χ4v) is 5.13. The molecule has 0 spiro atoms. The lowest BCUT2D eigenvalue weighted by atomic mass is 9.95. The molecule has 0 bridgehead atoms. The summed E-state index contributed by atoms with van der Waals surface area (Å²) >= 11 is 0. The van der Waals surface area contributed by atoms with E-state index in [-0.39, 0.29) is 49.8 Å². The highest BCUT2D eigenvalue weighted by atomic mass is 16.5. The van der Waals surface area contributed by atoms with Crippen LogP contribution in [0.4, 0.5) is 0 Å². The van der Waals surface area contributed by atoms with Crippen LogP contribution < -0.4 is 15.4 Å². The maximum atomic E-state index is 13.5. The second-order valence-corrected chi connectivity index (χ2v) is 11.8. The number of rotatable bonds is 21. The molecule has 0 aliphatic rings. The summed E-state index contributed by atoms with van der Waals surface area (Å²) < 4.78 is 11.8. The number of hydrogen-bond acceptors (Lipinski definition) is 6. The third-order valence-electron chi connectivity index (χ3n) is 7.74. The van der Waals surface area contributed by atoms with Gasteiger partial charge in [0.25, 0.3) is 0 Å². The smallest absolute Gasteiger partial charge is 0.309 e. The maximum absolute atomic E-state index is 13.5. The second-order valence-electron chi connectivity index (χ2n) is 11.8. The Hall–Kier alpha value is -4.69. The molecular formula is C39H48N2O6. The lowest BCUT2D eigenvalue weighted by molar-refractivity contribution is -0.150. The number of hydrogen-bond donors (Lipinski definition) is 3. The molecule has 3 rings (SSSR count). The molecule has 0 saturated heterocycles. The minimum atomic E-state index is -0.677. The first-order valence-corrected chi connectivity index (χ1v) is 16.2. The van der Waals surface area contributed by atoms with Crippen molar-refractivity contribution in [1.29, 1.82) is 0 Å². The highest BCUT2D eigenvalue weighted by Crippen LogP contribution is 2.19. The highest BCUT2D eigenvalue weighted by Gasteiger charge is 2.26. The molecule has 4 atom stereocenters. The predicted octanol–water partition coefficient (Wildman–Crippen LogP) is 5.74. The molecule has 0 saturated carbocycles. The first-order valence-electron chi connectivity index (χ1n) is 16.2. The molecule has 250 valence electrons. The van der Waals surface area contributed by atoms with Crippen LogP contribution in [0.25, 0.3) is 0 Å². The zero-order valence-corrected chi connectivity index (χ0v) is 27.3. The Morgan fingerprint density at radius 3 is 2.06 bits per heavy atom. The van der Waals surface area contributed by atoms with Crippen molar-refractivity contribution in [2.45, 2.75) is 64.1 Å². The van der Waals surface area contributed by atoms with Crippen LogP contribution in [0.3, 0.4) is 0 Å². The number of carbonyl (C=O) groups excluding carboxylic acids is 3. The molecule has 4 unspecified atom stereocenters. The minimum absolute atomic E-state index is 0.0369. The molecule has 0 fully saturated rings. The number of carbonyl (C=O) groups is 3. The lowest BCUT2D eigenvalue weighted by Gasteiger charge is -2.24. The van der Waals surface area contributed by atoms with Gasteiger partial charge in [0, 0.05) is 12.5 Å². The molecule has 0 radical (unpaired) electrons. The predicted molar refractivity (Wildman–Crippen MR) is 184 cm³/mol. The van der Waals surface area contributed by atoms with Crippen LogP contribution in [0.1, 0.15) is 49.3 Å². The Morgan fingerprint density at radius 1 is 0.809 bits per heavy atom. The van der Waals surface area contributed by atoms with Gasteiger partial charge in [-0.3, -0.25) is 14.4 Å². The summed E-state index contributed by atoms with van der Waals surface area (Å²) in [6, 6.07) is 26.3. The van der Waals surface area contributed by atoms with E-state index in [1.54, 1.807) is 19.1 Å². The van der Waals surface area contributed by atoms with Gasteiger partial charge in [0.1, 0.15) is 19.0 Å². The monoisotopic (exact) mass is 640 g/mol. The van der Waals surface area contributed by atoms with Gasteiger partial charge >= 0.3 is 5.97 Å². The van der Waals surface area contributed by atoms with Gasteiger partial charge in [0.05, 0.1) is 24.5 Å². The number of esters is 1. The molecule has 3 aromatic rings. The van der Waals surface area contributed by atoms with Crippen LogP contribution >= 0.6 is 0 Å².